The second kappa shape index (κ2) is 8.38. The molecule has 0 atom stereocenters. The summed E-state index contributed by atoms with van der Waals surface area (Å²) in [7, 11) is 0. The molecule has 2 saturated heterocycles. The van der Waals surface area contributed by atoms with Gasteiger partial charge in [-0.3, -0.25) is 19.4 Å². The van der Waals surface area contributed by atoms with Gasteiger partial charge < -0.3 is 5.32 Å². The molecule has 2 aromatic carbocycles. The second-order valence-electron chi connectivity index (χ2n) is 7.74. The van der Waals surface area contributed by atoms with E-state index in [9.17, 15) is 14.4 Å². The third-order valence-electron chi connectivity index (χ3n) is 5.74. The molecule has 2 heterocycles. The van der Waals surface area contributed by atoms with Crippen molar-refractivity contribution in [1.29, 1.82) is 0 Å². The van der Waals surface area contributed by atoms with E-state index in [-0.39, 0.29) is 30.8 Å². The number of amides is 3. The third-order valence-corrected chi connectivity index (χ3v) is 6.25. The minimum Gasteiger partial charge on any atom is -0.323 e. The van der Waals surface area contributed by atoms with Crippen LogP contribution in [-0.4, -0.2) is 52.7 Å². The quantitative estimate of drug-likeness (QED) is 0.561. The van der Waals surface area contributed by atoms with Gasteiger partial charge in [0, 0.05) is 28.7 Å². The molecule has 2 aromatic rings. The number of benzene rings is 2. The van der Waals surface area contributed by atoms with Gasteiger partial charge in [0.15, 0.2) is 5.78 Å². The average molecular weight is 446 g/mol. The predicted octanol–water partition coefficient (Wildman–Crippen LogP) is 3.76. The fraction of sp³-hybridized carbons (Fsp3) is 0.318. The van der Waals surface area contributed by atoms with Crippen molar-refractivity contribution in [1.82, 2.24) is 15.1 Å². The number of halogens is 2. The summed E-state index contributed by atoms with van der Waals surface area (Å²) in [6.07, 6.45) is 0.950. The number of imide groups is 1. The zero-order chi connectivity index (χ0) is 21.3. The Bertz CT molecular complexity index is 968. The van der Waals surface area contributed by atoms with Crippen LogP contribution < -0.4 is 5.32 Å². The van der Waals surface area contributed by atoms with Crippen molar-refractivity contribution in [2.45, 2.75) is 24.9 Å². The molecule has 0 aliphatic carbocycles. The van der Waals surface area contributed by atoms with Gasteiger partial charge in [-0.05, 0) is 54.8 Å². The van der Waals surface area contributed by atoms with E-state index >= 15 is 0 Å². The lowest BCUT2D eigenvalue weighted by molar-refractivity contribution is -0.133. The number of piperidine rings is 1. The lowest BCUT2D eigenvalue weighted by Gasteiger charge is -2.37. The molecule has 1 N–H and O–H groups in total. The Hall–Kier alpha value is -2.41. The molecule has 4 rings (SSSR count). The number of urea groups is 1. The third kappa shape index (κ3) is 4.21. The molecule has 2 fully saturated rings. The monoisotopic (exact) mass is 445 g/mol. The van der Waals surface area contributed by atoms with Crippen LogP contribution in [0.3, 0.4) is 0 Å². The number of nitrogens with one attached hydrogen (secondary N) is 1. The maximum absolute atomic E-state index is 13.1. The average Bonchev–Trinajstić information content (AvgIpc) is 2.96. The standard InChI is InChI=1S/C22H21Cl2N3O3/c23-17-5-1-15(2-6-17)13-27-20(29)22(25-21(27)30)9-11-26(12-10-22)14-19(28)16-3-7-18(24)8-4-16/h1-8H,9-14H2,(H,25,30). The molecule has 0 bridgehead atoms. The van der Waals surface area contributed by atoms with Crippen molar-refractivity contribution in [2.24, 2.45) is 0 Å². The van der Waals surface area contributed by atoms with E-state index in [0.29, 0.717) is 41.5 Å². The SMILES string of the molecule is O=C(CN1CCC2(CC1)NC(=O)N(Cc1ccc(Cl)cc1)C2=O)c1ccc(Cl)cc1. The molecule has 30 heavy (non-hydrogen) atoms. The van der Waals surface area contributed by atoms with Gasteiger partial charge in [-0.2, -0.15) is 0 Å². The normalized spacial score (nSPS) is 18.7. The summed E-state index contributed by atoms with van der Waals surface area (Å²) in [4.78, 5) is 41.3. The Morgan fingerprint density at radius 2 is 1.50 bits per heavy atom. The number of hydrogen-bond donors (Lipinski definition) is 1. The predicted molar refractivity (Wildman–Crippen MR) is 115 cm³/mol. The molecular weight excluding hydrogens is 425 g/mol. The number of Topliss-reactive ketones (excluding diaryl/α,β-unsaturated/α-hetero) is 1. The summed E-state index contributed by atoms with van der Waals surface area (Å²) in [6, 6.07) is 13.5. The van der Waals surface area contributed by atoms with Crippen LogP contribution in [0.2, 0.25) is 10.0 Å². The molecule has 6 nitrogen and oxygen atoms in total. The minimum atomic E-state index is -0.886. The molecule has 3 amide bonds. The summed E-state index contributed by atoms with van der Waals surface area (Å²) in [5.41, 5.74) is 0.564. The van der Waals surface area contributed by atoms with Crippen molar-refractivity contribution in [3.05, 3.63) is 69.7 Å². The van der Waals surface area contributed by atoms with E-state index in [0.717, 1.165) is 5.56 Å². The zero-order valence-electron chi connectivity index (χ0n) is 16.2. The zero-order valence-corrected chi connectivity index (χ0v) is 17.7. The van der Waals surface area contributed by atoms with Crippen LogP contribution in [0.25, 0.3) is 0 Å². The Kier molecular flexibility index (Phi) is 5.82. The lowest BCUT2D eigenvalue weighted by atomic mass is 9.87. The fourth-order valence-electron chi connectivity index (χ4n) is 3.95. The van der Waals surface area contributed by atoms with Crippen LogP contribution >= 0.6 is 23.2 Å². The van der Waals surface area contributed by atoms with Gasteiger partial charge in [0.1, 0.15) is 5.54 Å². The highest BCUT2D eigenvalue weighted by molar-refractivity contribution is 6.30. The summed E-state index contributed by atoms with van der Waals surface area (Å²) >= 11 is 11.8. The molecule has 0 radical (unpaired) electrons. The number of carbonyl (C=O) groups is 3. The molecule has 0 unspecified atom stereocenters. The van der Waals surface area contributed by atoms with Gasteiger partial charge >= 0.3 is 6.03 Å². The smallest absolute Gasteiger partial charge is 0.323 e. The van der Waals surface area contributed by atoms with Gasteiger partial charge in [-0.25, -0.2) is 4.79 Å². The number of hydrogen-bond acceptors (Lipinski definition) is 4. The number of rotatable bonds is 5. The first-order chi connectivity index (χ1) is 14.4. The first-order valence-corrected chi connectivity index (χ1v) is 10.5. The summed E-state index contributed by atoms with van der Waals surface area (Å²) < 4.78 is 0. The van der Waals surface area contributed by atoms with Crippen molar-refractivity contribution >= 4 is 40.9 Å². The fourth-order valence-corrected chi connectivity index (χ4v) is 4.21. The Morgan fingerprint density at radius 1 is 0.933 bits per heavy atom. The Morgan fingerprint density at radius 3 is 2.10 bits per heavy atom. The molecule has 2 aliphatic heterocycles. The van der Waals surface area contributed by atoms with E-state index in [1.165, 1.54) is 4.90 Å². The Labute approximate surface area is 184 Å². The second-order valence-corrected chi connectivity index (χ2v) is 8.61. The van der Waals surface area contributed by atoms with Crippen molar-refractivity contribution in [3.8, 4) is 0 Å². The number of nitrogens with zero attached hydrogens (tertiary/aromatic N) is 2. The van der Waals surface area contributed by atoms with Crippen LogP contribution in [0, 0.1) is 0 Å². The van der Waals surface area contributed by atoms with Crippen LogP contribution in [-0.2, 0) is 11.3 Å². The van der Waals surface area contributed by atoms with Gasteiger partial charge in [-0.15, -0.1) is 0 Å². The van der Waals surface area contributed by atoms with Crippen LogP contribution in [0.1, 0.15) is 28.8 Å². The van der Waals surface area contributed by atoms with Crippen LogP contribution in [0.15, 0.2) is 48.5 Å². The van der Waals surface area contributed by atoms with Gasteiger partial charge in [0.05, 0.1) is 13.1 Å². The maximum atomic E-state index is 13.1. The van der Waals surface area contributed by atoms with E-state index in [4.69, 9.17) is 23.2 Å². The Balaban J connectivity index is 1.37. The highest BCUT2D eigenvalue weighted by Gasteiger charge is 2.52. The first kappa shape index (κ1) is 20.8. The molecule has 8 heteroatoms. The lowest BCUT2D eigenvalue weighted by Crippen LogP contribution is -2.55. The number of likely N-dealkylation sites (tertiary alicyclic amines) is 1. The number of ketones is 1. The molecule has 0 aromatic heterocycles. The van der Waals surface area contributed by atoms with Crippen molar-refractivity contribution in [3.63, 3.8) is 0 Å². The van der Waals surface area contributed by atoms with E-state index in [1.54, 1.807) is 48.5 Å². The van der Waals surface area contributed by atoms with Gasteiger partial charge in [-0.1, -0.05) is 35.3 Å². The maximum Gasteiger partial charge on any atom is 0.325 e. The van der Waals surface area contributed by atoms with E-state index < -0.39 is 5.54 Å². The molecular formula is C22H21Cl2N3O3. The summed E-state index contributed by atoms with van der Waals surface area (Å²) in [5, 5.41) is 4.09. The largest absolute Gasteiger partial charge is 0.325 e. The highest BCUT2D eigenvalue weighted by Crippen LogP contribution is 2.30. The number of carbonyl (C=O) groups excluding carboxylic acids is 3. The molecule has 156 valence electrons. The summed E-state index contributed by atoms with van der Waals surface area (Å²) in [5.74, 6) is -0.195. The van der Waals surface area contributed by atoms with E-state index in [1.807, 2.05) is 4.90 Å². The van der Waals surface area contributed by atoms with Gasteiger partial charge in [0.2, 0.25) is 0 Å². The first-order valence-electron chi connectivity index (χ1n) is 9.76. The van der Waals surface area contributed by atoms with Crippen molar-refractivity contribution in [2.75, 3.05) is 19.6 Å². The molecule has 2 aliphatic rings. The van der Waals surface area contributed by atoms with Crippen LogP contribution in [0.5, 0.6) is 0 Å². The van der Waals surface area contributed by atoms with Gasteiger partial charge in [0.25, 0.3) is 5.91 Å². The topological polar surface area (TPSA) is 69.7 Å². The van der Waals surface area contributed by atoms with Crippen LogP contribution in [0.4, 0.5) is 4.79 Å². The van der Waals surface area contributed by atoms with E-state index in [2.05, 4.69) is 5.32 Å². The summed E-state index contributed by atoms with van der Waals surface area (Å²) in [6.45, 7) is 1.59. The minimum absolute atomic E-state index is 0.00812. The molecule has 1 spiro atoms. The van der Waals surface area contributed by atoms with Crippen molar-refractivity contribution < 1.29 is 14.4 Å². The molecule has 0 saturated carbocycles. The highest BCUT2D eigenvalue weighted by atomic mass is 35.5.